The highest BCUT2D eigenvalue weighted by Gasteiger charge is 2.12. The maximum absolute atomic E-state index is 12.0. The van der Waals surface area contributed by atoms with Crippen LogP contribution in [0, 0.1) is 0 Å². The summed E-state index contributed by atoms with van der Waals surface area (Å²) < 4.78 is 2.39. The van der Waals surface area contributed by atoms with Gasteiger partial charge in [0.2, 0.25) is 5.95 Å². The molecule has 3 aromatic rings. The number of imidazole rings is 1. The van der Waals surface area contributed by atoms with Gasteiger partial charge in [0.15, 0.2) is 11.2 Å². The standard InChI is InChI=1S/C13H14N6O2/c1-18-10-9(11(20)19(2)13(18)21)16-12(17-10)15-7-8-3-5-14-6-4-8/h3-6H,7H2,1-2H3,(H2,15,16,17). The lowest BCUT2D eigenvalue weighted by molar-refractivity contribution is 0.709. The van der Waals surface area contributed by atoms with Crippen molar-refractivity contribution in [2.24, 2.45) is 14.1 Å². The molecule has 0 atom stereocenters. The topological polar surface area (TPSA) is 97.6 Å². The molecule has 8 heteroatoms. The summed E-state index contributed by atoms with van der Waals surface area (Å²) >= 11 is 0. The summed E-state index contributed by atoms with van der Waals surface area (Å²) in [6.07, 6.45) is 3.41. The molecule has 0 unspecified atom stereocenters. The van der Waals surface area contributed by atoms with Crippen LogP contribution in [0.15, 0.2) is 34.1 Å². The molecule has 0 spiro atoms. The third-order valence-corrected chi connectivity index (χ3v) is 3.30. The Bertz CT molecular complexity index is 906. The second-order valence-electron chi connectivity index (χ2n) is 4.70. The molecule has 3 aromatic heterocycles. The number of H-pyrrole nitrogens is 1. The monoisotopic (exact) mass is 286 g/mol. The number of aromatic amines is 1. The Labute approximate surface area is 119 Å². The minimum absolute atomic E-state index is 0.303. The summed E-state index contributed by atoms with van der Waals surface area (Å²) in [4.78, 5) is 35.0. The number of hydrogen-bond donors (Lipinski definition) is 2. The fourth-order valence-electron chi connectivity index (χ4n) is 2.10. The van der Waals surface area contributed by atoms with Gasteiger partial charge in [0, 0.05) is 33.0 Å². The van der Waals surface area contributed by atoms with Crippen molar-refractivity contribution in [3.05, 3.63) is 50.9 Å². The van der Waals surface area contributed by atoms with E-state index in [1.54, 1.807) is 19.4 Å². The third kappa shape index (κ3) is 2.20. The van der Waals surface area contributed by atoms with Crippen LogP contribution in [-0.2, 0) is 20.6 Å². The van der Waals surface area contributed by atoms with Crippen LogP contribution < -0.4 is 16.6 Å². The van der Waals surface area contributed by atoms with Gasteiger partial charge < -0.3 is 10.3 Å². The molecule has 0 aromatic carbocycles. The molecule has 0 radical (unpaired) electrons. The summed E-state index contributed by atoms with van der Waals surface area (Å²) in [6.45, 7) is 0.538. The van der Waals surface area contributed by atoms with Crippen LogP contribution in [0.4, 0.5) is 5.95 Å². The quantitative estimate of drug-likeness (QED) is 0.704. The Morgan fingerprint density at radius 1 is 1.19 bits per heavy atom. The van der Waals surface area contributed by atoms with E-state index in [4.69, 9.17) is 0 Å². The second kappa shape index (κ2) is 4.89. The van der Waals surface area contributed by atoms with Crippen molar-refractivity contribution in [3.63, 3.8) is 0 Å². The van der Waals surface area contributed by atoms with E-state index in [9.17, 15) is 9.59 Å². The van der Waals surface area contributed by atoms with Gasteiger partial charge in [-0.2, -0.15) is 4.98 Å². The molecular weight excluding hydrogens is 272 g/mol. The highest BCUT2D eigenvalue weighted by Crippen LogP contribution is 2.09. The van der Waals surface area contributed by atoms with Crippen LogP contribution in [0.1, 0.15) is 5.56 Å². The van der Waals surface area contributed by atoms with Crippen molar-refractivity contribution in [1.82, 2.24) is 24.1 Å². The van der Waals surface area contributed by atoms with E-state index in [0.29, 0.717) is 23.7 Å². The van der Waals surface area contributed by atoms with Crippen molar-refractivity contribution < 1.29 is 0 Å². The van der Waals surface area contributed by atoms with Gasteiger partial charge in [0.05, 0.1) is 0 Å². The zero-order chi connectivity index (χ0) is 15.0. The molecule has 108 valence electrons. The van der Waals surface area contributed by atoms with E-state index in [-0.39, 0.29) is 0 Å². The van der Waals surface area contributed by atoms with Crippen LogP contribution in [0.2, 0.25) is 0 Å². The van der Waals surface area contributed by atoms with Crippen molar-refractivity contribution in [1.29, 1.82) is 0 Å². The number of fused-ring (bicyclic) bond motifs is 1. The fourth-order valence-corrected chi connectivity index (χ4v) is 2.10. The minimum Gasteiger partial charge on any atom is -0.352 e. The van der Waals surface area contributed by atoms with Crippen LogP contribution >= 0.6 is 0 Å². The minimum atomic E-state index is -0.403. The first-order valence-electron chi connectivity index (χ1n) is 6.36. The van der Waals surface area contributed by atoms with Gasteiger partial charge in [-0.15, -0.1) is 0 Å². The molecule has 2 N–H and O–H groups in total. The number of aromatic nitrogens is 5. The van der Waals surface area contributed by atoms with E-state index >= 15 is 0 Å². The fraction of sp³-hybridized carbons (Fsp3) is 0.231. The number of hydrogen-bond acceptors (Lipinski definition) is 5. The summed E-state index contributed by atoms with van der Waals surface area (Å²) in [6, 6.07) is 3.76. The highest BCUT2D eigenvalue weighted by molar-refractivity contribution is 5.72. The number of nitrogens with one attached hydrogen (secondary N) is 2. The first kappa shape index (κ1) is 13.1. The zero-order valence-corrected chi connectivity index (χ0v) is 11.6. The number of aryl methyl sites for hydroxylation is 1. The van der Waals surface area contributed by atoms with Gasteiger partial charge in [-0.1, -0.05) is 0 Å². The Balaban J connectivity index is 1.99. The first-order valence-corrected chi connectivity index (χ1v) is 6.36. The maximum Gasteiger partial charge on any atom is 0.332 e. The summed E-state index contributed by atoms with van der Waals surface area (Å²) in [5, 5.41) is 3.09. The van der Waals surface area contributed by atoms with Crippen molar-refractivity contribution in [2.75, 3.05) is 5.32 Å². The Morgan fingerprint density at radius 3 is 2.62 bits per heavy atom. The average Bonchev–Trinajstić information content (AvgIpc) is 2.94. The predicted octanol–water partition coefficient (Wildman–Crippen LogP) is -0.0326. The Hall–Kier alpha value is -2.90. The van der Waals surface area contributed by atoms with Gasteiger partial charge in [0.1, 0.15) is 0 Å². The van der Waals surface area contributed by atoms with Crippen molar-refractivity contribution in [2.45, 2.75) is 6.54 Å². The lowest BCUT2D eigenvalue weighted by atomic mass is 10.3. The van der Waals surface area contributed by atoms with Crippen molar-refractivity contribution in [3.8, 4) is 0 Å². The van der Waals surface area contributed by atoms with Gasteiger partial charge in [-0.05, 0) is 17.7 Å². The Kier molecular flexibility index (Phi) is 3.05. The maximum atomic E-state index is 12.0. The van der Waals surface area contributed by atoms with Crippen LogP contribution in [0.5, 0.6) is 0 Å². The smallest absolute Gasteiger partial charge is 0.332 e. The third-order valence-electron chi connectivity index (χ3n) is 3.30. The zero-order valence-electron chi connectivity index (χ0n) is 11.6. The van der Waals surface area contributed by atoms with Gasteiger partial charge in [-0.25, -0.2) is 4.79 Å². The lowest BCUT2D eigenvalue weighted by Crippen LogP contribution is -2.36. The van der Waals surface area contributed by atoms with E-state index in [2.05, 4.69) is 20.3 Å². The summed E-state index contributed by atoms with van der Waals surface area (Å²) in [5.41, 5.74) is 0.877. The number of nitrogens with zero attached hydrogens (tertiary/aromatic N) is 4. The normalized spacial score (nSPS) is 11.0. The van der Waals surface area contributed by atoms with E-state index in [1.807, 2.05) is 12.1 Å². The molecule has 3 heterocycles. The van der Waals surface area contributed by atoms with E-state index in [1.165, 1.54) is 11.6 Å². The summed E-state index contributed by atoms with van der Waals surface area (Å²) in [7, 11) is 3.02. The number of anilines is 1. The first-order chi connectivity index (χ1) is 10.1. The highest BCUT2D eigenvalue weighted by atomic mass is 16.2. The Morgan fingerprint density at radius 2 is 1.90 bits per heavy atom. The lowest BCUT2D eigenvalue weighted by Gasteiger charge is -2.01. The van der Waals surface area contributed by atoms with E-state index < -0.39 is 11.2 Å². The molecule has 21 heavy (non-hydrogen) atoms. The predicted molar refractivity (Wildman–Crippen MR) is 78.1 cm³/mol. The average molecular weight is 286 g/mol. The van der Waals surface area contributed by atoms with Gasteiger partial charge in [-0.3, -0.25) is 18.9 Å². The largest absolute Gasteiger partial charge is 0.352 e. The molecule has 0 saturated carbocycles. The van der Waals surface area contributed by atoms with Gasteiger partial charge in [0.25, 0.3) is 5.56 Å². The van der Waals surface area contributed by atoms with Gasteiger partial charge >= 0.3 is 5.69 Å². The number of rotatable bonds is 3. The van der Waals surface area contributed by atoms with Crippen LogP contribution in [0.3, 0.4) is 0 Å². The molecule has 0 fully saturated rings. The second-order valence-corrected chi connectivity index (χ2v) is 4.70. The van der Waals surface area contributed by atoms with E-state index in [0.717, 1.165) is 10.1 Å². The summed E-state index contributed by atoms with van der Waals surface area (Å²) in [5.74, 6) is 0.445. The molecule has 0 bridgehead atoms. The molecule has 3 rings (SSSR count). The van der Waals surface area contributed by atoms with Crippen molar-refractivity contribution >= 4 is 17.1 Å². The SMILES string of the molecule is Cn1c(=O)c2[nH]c(NCc3ccncc3)nc2n(C)c1=O. The molecular formula is C13H14N6O2. The molecule has 0 saturated heterocycles. The molecule has 0 aliphatic rings. The van der Waals surface area contributed by atoms with Crippen LogP contribution in [-0.4, -0.2) is 24.1 Å². The molecule has 0 amide bonds. The number of pyridine rings is 1. The molecule has 0 aliphatic carbocycles. The van der Waals surface area contributed by atoms with Crippen LogP contribution in [0.25, 0.3) is 11.2 Å². The molecule has 0 aliphatic heterocycles. The molecule has 8 nitrogen and oxygen atoms in total.